The monoisotopic (exact) mass is 234 g/mol. The van der Waals surface area contributed by atoms with Crippen molar-refractivity contribution >= 4 is 11.9 Å². The zero-order chi connectivity index (χ0) is 12.4. The second kappa shape index (κ2) is 4.79. The van der Waals surface area contributed by atoms with Gasteiger partial charge in [0.2, 0.25) is 11.9 Å². The number of hydrogen-bond acceptors (Lipinski definition) is 4. The van der Waals surface area contributed by atoms with Crippen molar-refractivity contribution in [3.05, 3.63) is 17.5 Å². The number of anilines is 1. The minimum atomic E-state index is -0.0112. The lowest BCUT2D eigenvalue weighted by Gasteiger charge is -2.10. The normalized spacial score (nSPS) is 23.7. The summed E-state index contributed by atoms with van der Waals surface area (Å²) in [5, 5.41) is 2.77. The molecule has 0 aliphatic heterocycles. The van der Waals surface area contributed by atoms with Crippen molar-refractivity contribution in [1.29, 1.82) is 0 Å². The van der Waals surface area contributed by atoms with E-state index in [2.05, 4.69) is 15.3 Å². The van der Waals surface area contributed by atoms with Crippen LogP contribution in [0.4, 0.5) is 5.95 Å². The highest BCUT2D eigenvalue weighted by atomic mass is 16.2. The summed E-state index contributed by atoms with van der Waals surface area (Å²) < 4.78 is 0. The fourth-order valence-corrected chi connectivity index (χ4v) is 2.25. The summed E-state index contributed by atoms with van der Waals surface area (Å²) in [6, 6.07) is 2.03. The van der Waals surface area contributed by atoms with Gasteiger partial charge in [-0.1, -0.05) is 0 Å². The van der Waals surface area contributed by atoms with Crippen molar-refractivity contribution in [1.82, 2.24) is 9.97 Å². The predicted molar refractivity (Wildman–Crippen MR) is 65.5 cm³/mol. The van der Waals surface area contributed by atoms with Crippen LogP contribution in [0.5, 0.6) is 0 Å². The van der Waals surface area contributed by atoms with Gasteiger partial charge in [0.25, 0.3) is 0 Å². The number of carbonyl (C=O) groups is 1. The number of aromatic nitrogens is 2. The Bertz CT molecular complexity index is 412. The van der Waals surface area contributed by atoms with E-state index in [-0.39, 0.29) is 17.9 Å². The Hall–Kier alpha value is -1.49. The molecule has 0 spiro atoms. The summed E-state index contributed by atoms with van der Waals surface area (Å²) in [7, 11) is 0. The zero-order valence-electron chi connectivity index (χ0n) is 10.2. The summed E-state index contributed by atoms with van der Waals surface area (Å²) >= 11 is 0. The molecule has 1 aromatic heterocycles. The second-order valence-corrected chi connectivity index (χ2v) is 4.73. The molecule has 1 aliphatic carbocycles. The van der Waals surface area contributed by atoms with E-state index in [1.54, 1.807) is 0 Å². The first-order chi connectivity index (χ1) is 8.04. The van der Waals surface area contributed by atoms with Crippen molar-refractivity contribution in [2.45, 2.75) is 39.2 Å². The van der Waals surface area contributed by atoms with Gasteiger partial charge in [-0.05, 0) is 39.2 Å². The third-order valence-electron chi connectivity index (χ3n) is 3.06. The molecule has 1 aromatic rings. The molecule has 1 fully saturated rings. The van der Waals surface area contributed by atoms with Crippen LogP contribution in [0.1, 0.15) is 30.7 Å². The molecule has 0 radical (unpaired) electrons. The summed E-state index contributed by atoms with van der Waals surface area (Å²) in [4.78, 5) is 20.3. The van der Waals surface area contributed by atoms with Crippen LogP contribution >= 0.6 is 0 Å². The molecule has 1 heterocycles. The molecule has 17 heavy (non-hydrogen) atoms. The maximum absolute atomic E-state index is 11.9. The Balaban J connectivity index is 2.03. The lowest BCUT2D eigenvalue weighted by atomic mass is 10.1. The third kappa shape index (κ3) is 3.00. The number of aryl methyl sites for hydroxylation is 2. The highest BCUT2D eigenvalue weighted by molar-refractivity contribution is 5.91. The van der Waals surface area contributed by atoms with Crippen LogP contribution in [-0.4, -0.2) is 21.9 Å². The van der Waals surface area contributed by atoms with E-state index < -0.39 is 0 Å². The average Bonchev–Trinajstić information content (AvgIpc) is 2.63. The molecule has 92 valence electrons. The summed E-state index contributed by atoms with van der Waals surface area (Å²) in [5.41, 5.74) is 7.51. The van der Waals surface area contributed by atoms with Crippen LogP contribution in [-0.2, 0) is 4.79 Å². The Morgan fingerprint density at radius 1 is 1.35 bits per heavy atom. The summed E-state index contributed by atoms with van der Waals surface area (Å²) in [6.45, 7) is 3.77. The molecule has 5 nitrogen and oxygen atoms in total. The van der Waals surface area contributed by atoms with Gasteiger partial charge in [-0.2, -0.15) is 0 Å². The van der Waals surface area contributed by atoms with Crippen molar-refractivity contribution < 1.29 is 4.79 Å². The SMILES string of the molecule is Cc1cc(C)nc(NC(=O)C2CCC(N)C2)n1. The standard InChI is InChI=1S/C12H18N4O/c1-7-5-8(2)15-12(14-7)16-11(17)9-3-4-10(13)6-9/h5,9-10H,3-4,6,13H2,1-2H3,(H,14,15,16,17). The molecule has 3 N–H and O–H groups in total. The van der Waals surface area contributed by atoms with E-state index in [4.69, 9.17) is 5.73 Å². The first kappa shape index (κ1) is 12.0. The Morgan fingerprint density at radius 3 is 2.53 bits per heavy atom. The number of rotatable bonds is 2. The van der Waals surface area contributed by atoms with Gasteiger partial charge in [-0.3, -0.25) is 10.1 Å². The number of nitrogens with zero attached hydrogens (tertiary/aromatic N) is 2. The van der Waals surface area contributed by atoms with Gasteiger partial charge in [0.1, 0.15) is 0 Å². The number of hydrogen-bond donors (Lipinski definition) is 2. The molecular weight excluding hydrogens is 216 g/mol. The molecule has 1 aliphatic rings. The van der Waals surface area contributed by atoms with Crippen molar-refractivity contribution in [3.8, 4) is 0 Å². The topological polar surface area (TPSA) is 80.9 Å². The molecule has 1 saturated carbocycles. The number of carbonyl (C=O) groups excluding carboxylic acids is 1. The van der Waals surface area contributed by atoms with Gasteiger partial charge in [0.15, 0.2) is 0 Å². The van der Waals surface area contributed by atoms with Crippen LogP contribution in [0, 0.1) is 19.8 Å². The number of amides is 1. The minimum absolute atomic E-state index is 0.00872. The van der Waals surface area contributed by atoms with Gasteiger partial charge in [-0.15, -0.1) is 0 Å². The maximum atomic E-state index is 11.9. The quantitative estimate of drug-likeness (QED) is 0.804. The van der Waals surface area contributed by atoms with E-state index in [0.717, 1.165) is 30.7 Å². The Labute approximate surface area is 101 Å². The summed E-state index contributed by atoms with van der Waals surface area (Å²) in [5.74, 6) is 0.394. The van der Waals surface area contributed by atoms with E-state index in [9.17, 15) is 4.79 Å². The molecule has 2 unspecified atom stereocenters. The van der Waals surface area contributed by atoms with Gasteiger partial charge >= 0.3 is 0 Å². The molecule has 2 atom stereocenters. The molecule has 5 heteroatoms. The Kier molecular flexibility index (Phi) is 3.38. The average molecular weight is 234 g/mol. The van der Waals surface area contributed by atoms with Crippen molar-refractivity contribution in [2.24, 2.45) is 11.7 Å². The number of nitrogens with two attached hydrogens (primary N) is 1. The molecular formula is C12H18N4O. The van der Waals surface area contributed by atoms with Gasteiger partial charge < -0.3 is 5.73 Å². The second-order valence-electron chi connectivity index (χ2n) is 4.73. The zero-order valence-corrected chi connectivity index (χ0v) is 10.2. The first-order valence-electron chi connectivity index (χ1n) is 5.93. The molecule has 0 aromatic carbocycles. The fraction of sp³-hybridized carbons (Fsp3) is 0.583. The molecule has 0 bridgehead atoms. The van der Waals surface area contributed by atoms with Gasteiger partial charge in [0, 0.05) is 23.3 Å². The molecule has 2 rings (SSSR count). The van der Waals surface area contributed by atoms with Crippen LogP contribution in [0.2, 0.25) is 0 Å². The van der Waals surface area contributed by atoms with E-state index in [0.29, 0.717) is 5.95 Å². The van der Waals surface area contributed by atoms with Gasteiger partial charge in [0.05, 0.1) is 0 Å². The third-order valence-corrected chi connectivity index (χ3v) is 3.06. The van der Waals surface area contributed by atoms with Crippen LogP contribution in [0.3, 0.4) is 0 Å². The summed E-state index contributed by atoms with van der Waals surface area (Å²) in [6.07, 6.45) is 2.54. The molecule has 1 amide bonds. The highest BCUT2D eigenvalue weighted by Crippen LogP contribution is 2.25. The highest BCUT2D eigenvalue weighted by Gasteiger charge is 2.28. The van der Waals surface area contributed by atoms with Crippen LogP contribution < -0.4 is 11.1 Å². The minimum Gasteiger partial charge on any atom is -0.328 e. The van der Waals surface area contributed by atoms with E-state index in [1.807, 2.05) is 19.9 Å². The number of nitrogens with one attached hydrogen (secondary N) is 1. The largest absolute Gasteiger partial charge is 0.328 e. The lowest BCUT2D eigenvalue weighted by molar-refractivity contribution is -0.119. The van der Waals surface area contributed by atoms with Crippen LogP contribution in [0.25, 0.3) is 0 Å². The first-order valence-corrected chi connectivity index (χ1v) is 5.93. The smallest absolute Gasteiger partial charge is 0.229 e. The van der Waals surface area contributed by atoms with Gasteiger partial charge in [-0.25, -0.2) is 9.97 Å². The maximum Gasteiger partial charge on any atom is 0.229 e. The molecule has 0 saturated heterocycles. The van der Waals surface area contributed by atoms with E-state index in [1.165, 1.54) is 0 Å². The Morgan fingerprint density at radius 2 is 2.00 bits per heavy atom. The van der Waals surface area contributed by atoms with Crippen LogP contribution in [0.15, 0.2) is 6.07 Å². The lowest BCUT2D eigenvalue weighted by Crippen LogP contribution is -2.24. The van der Waals surface area contributed by atoms with E-state index >= 15 is 0 Å². The predicted octanol–water partition coefficient (Wildman–Crippen LogP) is 1.16. The van der Waals surface area contributed by atoms with Crippen molar-refractivity contribution in [2.75, 3.05) is 5.32 Å². The fourth-order valence-electron chi connectivity index (χ4n) is 2.25. The van der Waals surface area contributed by atoms with Crippen molar-refractivity contribution in [3.63, 3.8) is 0 Å².